The molecule has 5 aliphatic carbocycles. The van der Waals surface area contributed by atoms with Crippen molar-refractivity contribution in [3.05, 3.63) is 29.8 Å². The van der Waals surface area contributed by atoms with Crippen LogP contribution in [0.1, 0.15) is 88.5 Å². The highest BCUT2D eigenvalue weighted by atomic mass is 32.2. The molecule has 2 heterocycles. The summed E-state index contributed by atoms with van der Waals surface area (Å²) in [6.07, 6.45) is 14.4. The minimum Gasteiger partial charge on any atom is -0.494 e. The maximum absolute atomic E-state index is 6.89. The van der Waals surface area contributed by atoms with Crippen LogP contribution in [0.3, 0.4) is 0 Å². The summed E-state index contributed by atoms with van der Waals surface area (Å²) in [5.41, 5.74) is 1.42. The van der Waals surface area contributed by atoms with Crippen LogP contribution in [0.2, 0.25) is 0 Å². The molecule has 2 spiro atoms. The van der Waals surface area contributed by atoms with Gasteiger partial charge < -0.3 is 9.47 Å². The smallest absolute Gasteiger partial charge is 0.210 e. The van der Waals surface area contributed by atoms with Crippen molar-refractivity contribution in [2.24, 2.45) is 29.6 Å². The molecule has 35 heavy (non-hydrogen) atoms. The van der Waals surface area contributed by atoms with Gasteiger partial charge in [-0.25, -0.2) is 0 Å². The fourth-order valence-corrected chi connectivity index (χ4v) is 10.1. The molecule has 4 bridgehead atoms. The summed E-state index contributed by atoms with van der Waals surface area (Å²) < 4.78 is 13.0. The second-order valence-electron chi connectivity index (χ2n) is 12.6. The molecular formula is C30H42O4S. The number of ether oxygens (including phenoxy) is 2. The largest absolute Gasteiger partial charge is 0.494 e. The van der Waals surface area contributed by atoms with Crippen LogP contribution in [0.5, 0.6) is 5.75 Å². The minimum atomic E-state index is -0.512. The number of rotatable bonds is 5. The zero-order valence-electron chi connectivity index (χ0n) is 21.1. The van der Waals surface area contributed by atoms with Crippen molar-refractivity contribution >= 4 is 16.4 Å². The highest BCUT2D eigenvalue weighted by Crippen LogP contribution is 2.64. The molecule has 0 amide bonds. The van der Waals surface area contributed by atoms with Gasteiger partial charge in [0, 0.05) is 24.7 Å². The molecule has 192 valence electrons. The first-order chi connectivity index (χ1) is 17.1. The number of hydrogen-bond acceptors (Lipinski definition) is 4. The molecule has 0 unspecified atom stereocenters. The van der Waals surface area contributed by atoms with Gasteiger partial charge >= 0.3 is 0 Å². The van der Waals surface area contributed by atoms with Crippen LogP contribution in [0, 0.1) is 29.6 Å². The zero-order valence-corrected chi connectivity index (χ0v) is 21.9. The van der Waals surface area contributed by atoms with E-state index in [2.05, 4.69) is 30.1 Å². The van der Waals surface area contributed by atoms with E-state index in [0.717, 1.165) is 55.8 Å². The van der Waals surface area contributed by atoms with Gasteiger partial charge in [-0.2, -0.15) is 20.3 Å². The molecule has 2 aliphatic heterocycles. The van der Waals surface area contributed by atoms with E-state index < -0.39 is 11.6 Å². The topological polar surface area (TPSA) is 36.9 Å². The second kappa shape index (κ2) is 9.15. The van der Waals surface area contributed by atoms with Crippen molar-refractivity contribution in [1.82, 2.24) is 0 Å². The molecule has 5 saturated carbocycles. The first-order valence-electron chi connectivity index (χ1n) is 14.4. The van der Waals surface area contributed by atoms with E-state index in [0.29, 0.717) is 28.2 Å². The Hall–Kier alpha value is -0.880. The van der Waals surface area contributed by atoms with E-state index in [4.69, 9.17) is 19.2 Å². The van der Waals surface area contributed by atoms with Crippen molar-refractivity contribution in [2.75, 3.05) is 18.1 Å². The van der Waals surface area contributed by atoms with E-state index in [9.17, 15) is 0 Å². The molecule has 1 aromatic carbocycles. The molecule has 0 aromatic heterocycles. The van der Waals surface area contributed by atoms with Gasteiger partial charge in [-0.15, -0.1) is 0 Å². The lowest BCUT2D eigenvalue weighted by atomic mass is 9.53. The fourth-order valence-electron chi connectivity index (χ4n) is 8.57. The Labute approximate surface area is 213 Å². The summed E-state index contributed by atoms with van der Waals surface area (Å²) in [5.74, 6) is 11.2. The maximum atomic E-state index is 6.89. The average Bonchev–Trinajstić information content (AvgIpc) is 3.24. The Balaban J connectivity index is 0.915. The van der Waals surface area contributed by atoms with E-state index in [-0.39, 0.29) is 0 Å². The van der Waals surface area contributed by atoms with Gasteiger partial charge in [0.05, 0.1) is 6.61 Å². The predicted molar refractivity (Wildman–Crippen MR) is 141 cm³/mol. The van der Waals surface area contributed by atoms with Crippen molar-refractivity contribution in [3.8, 4) is 5.75 Å². The summed E-state index contributed by atoms with van der Waals surface area (Å²) >= 11 is 0. The Kier molecular flexibility index (Phi) is 6.08. The predicted octanol–water partition coefficient (Wildman–Crippen LogP) is 7.05. The third-order valence-corrected chi connectivity index (χ3v) is 12.1. The Morgan fingerprint density at radius 2 is 1.51 bits per heavy atom. The quantitative estimate of drug-likeness (QED) is 0.322. The molecule has 7 fully saturated rings. The molecule has 7 aliphatic rings. The van der Waals surface area contributed by atoms with Crippen LogP contribution in [-0.4, -0.2) is 35.6 Å². The lowest BCUT2D eigenvalue weighted by molar-refractivity contribution is -0.390. The number of benzene rings is 1. The van der Waals surface area contributed by atoms with Crippen molar-refractivity contribution in [2.45, 2.75) is 94.5 Å². The van der Waals surface area contributed by atoms with E-state index in [1.165, 1.54) is 68.4 Å². The van der Waals surface area contributed by atoms with Gasteiger partial charge in [0.15, 0.2) is 0 Å². The summed E-state index contributed by atoms with van der Waals surface area (Å²) in [5, 5.41) is 0. The SMILES string of the molecule is C=S1CCC(CCOc2ccc(C3CCC4(CC3)OOC3(O4)C4CC5CC(C4)CC3C5)cc2)CC1. The van der Waals surface area contributed by atoms with Gasteiger partial charge in [-0.3, -0.25) is 0 Å². The average molecular weight is 499 g/mol. The third-order valence-electron chi connectivity index (χ3n) is 10.5. The van der Waals surface area contributed by atoms with Gasteiger partial charge in [-0.05, 0) is 117 Å². The molecule has 8 rings (SSSR count). The minimum absolute atomic E-state index is 0.422. The van der Waals surface area contributed by atoms with Gasteiger partial charge in [0.25, 0.3) is 0 Å². The molecule has 0 radical (unpaired) electrons. The third kappa shape index (κ3) is 4.32. The van der Waals surface area contributed by atoms with E-state index in [1.54, 1.807) is 0 Å². The Morgan fingerprint density at radius 1 is 0.857 bits per heavy atom. The summed E-state index contributed by atoms with van der Waals surface area (Å²) in [6.45, 7) is 0.834. The molecule has 1 aromatic rings. The van der Waals surface area contributed by atoms with Crippen LogP contribution >= 0.6 is 10.5 Å². The second-order valence-corrected chi connectivity index (χ2v) is 14.7. The van der Waals surface area contributed by atoms with Crippen LogP contribution in [0.25, 0.3) is 0 Å². The van der Waals surface area contributed by atoms with Gasteiger partial charge in [0.2, 0.25) is 11.6 Å². The Bertz CT molecular complexity index is 896. The first-order valence-corrected chi connectivity index (χ1v) is 16.1. The van der Waals surface area contributed by atoms with Crippen molar-refractivity contribution in [3.63, 3.8) is 0 Å². The molecule has 0 atom stereocenters. The summed E-state index contributed by atoms with van der Waals surface area (Å²) in [4.78, 5) is 12.3. The van der Waals surface area contributed by atoms with Gasteiger partial charge in [-0.1, -0.05) is 18.0 Å². The molecule has 5 heteroatoms. The van der Waals surface area contributed by atoms with Gasteiger partial charge in [0.1, 0.15) is 5.75 Å². The van der Waals surface area contributed by atoms with E-state index >= 15 is 0 Å². The first kappa shape index (κ1) is 23.3. The van der Waals surface area contributed by atoms with Crippen molar-refractivity contribution in [1.29, 1.82) is 0 Å². The molecule has 4 nitrogen and oxygen atoms in total. The highest BCUT2D eigenvalue weighted by molar-refractivity contribution is 8.14. The summed E-state index contributed by atoms with van der Waals surface area (Å²) in [7, 11) is 0.422. The normalized spacial score (nSPS) is 46.5. The Morgan fingerprint density at radius 3 is 2.17 bits per heavy atom. The fraction of sp³-hybridized carbons (Fsp3) is 0.767. The van der Waals surface area contributed by atoms with Crippen LogP contribution < -0.4 is 4.74 Å². The lowest BCUT2D eigenvalue weighted by Gasteiger charge is -2.57. The maximum Gasteiger partial charge on any atom is 0.210 e. The summed E-state index contributed by atoms with van der Waals surface area (Å²) in [6, 6.07) is 8.89. The number of hydrogen-bond donors (Lipinski definition) is 0. The highest BCUT2D eigenvalue weighted by Gasteiger charge is 2.66. The molecule has 0 N–H and O–H groups in total. The molecule has 2 saturated heterocycles. The van der Waals surface area contributed by atoms with E-state index in [1.807, 2.05) is 0 Å². The molecular weight excluding hydrogens is 456 g/mol. The van der Waals surface area contributed by atoms with Crippen LogP contribution in [0.4, 0.5) is 0 Å². The standard InChI is InChI=1S/C30H42O4S/c1-35-14-9-21(10-15-35)8-13-31-28-4-2-24(3-5-28)25-6-11-29(12-7-25)32-30(34-33-29)26-17-22-16-23(19-26)20-27(30)18-22/h2-5,21-23,25-27H,1,6-20H2. The van der Waals surface area contributed by atoms with Crippen molar-refractivity contribution < 1.29 is 19.2 Å². The lowest BCUT2D eigenvalue weighted by Crippen LogP contribution is -2.59. The van der Waals surface area contributed by atoms with Crippen LogP contribution in [-0.2, 0) is 14.5 Å². The monoisotopic (exact) mass is 498 g/mol. The van der Waals surface area contributed by atoms with Crippen LogP contribution in [0.15, 0.2) is 24.3 Å². The zero-order chi connectivity index (χ0) is 23.5.